The van der Waals surface area contributed by atoms with E-state index in [2.05, 4.69) is 360 Å². The van der Waals surface area contributed by atoms with Crippen LogP contribution >= 0.6 is 23.5 Å². The van der Waals surface area contributed by atoms with E-state index in [0.717, 1.165) is 56.9 Å². The van der Waals surface area contributed by atoms with Crippen LogP contribution < -0.4 is 52.4 Å². The van der Waals surface area contributed by atoms with Gasteiger partial charge in [0, 0.05) is 82.0 Å². The lowest BCUT2D eigenvalue weighted by atomic mass is 9.31. The molecule has 436 valence electrons. The first kappa shape index (κ1) is 55.0. The molecule has 4 nitrogen and oxygen atoms in total. The van der Waals surface area contributed by atoms with Crippen molar-refractivity contribution in [1.82, 2.24) is 0 Å². The number of hydrogen-bond acceptors (Lipinski definition) is 6. The Labute approximate surface area is 552 Å². The summed E-state index contributed by atoms with van der Waals surface area (Å²) in [5.74, 6) is 0. The maximum atomic E-state index is 2.67. The molecular formula is C85H58B2N4S2. The smallest absolute Gasteiger partial charge is 0.252 e. The molecule has 4 heterocycles. The van der Waals surface area contributed by atoms with Gasteiger partial charge in [0.25, 0.3) is 6.71 Å². The van der Waals surface area contributed by atoms with Crippen LogP contribution in [0.2, 0.25) is 0 Å². The molecule has 0 aliphatic carbocycles. The summed E-state index contributed by atoms with van der Waals surface area (Å²) < 4.78 is 0. The predicted octanol–water partition coefficient (Wildman–Crippen LogP) is 19.5. The molecule has 14 aromatic rings. The van der Waals surface area contributed by atoms with Crippen LogP contribution in [0.1, 0.15) is 5.56 Å². The van der Waals surface area contributed by atoms with E-state index in [-0.39, 0.29) is 13.4 Å². The number of rotatable bonds is 11. The van der Waals surface area contributed by atoms with Crippen molar-refractivity contribution in [1.29, 1.82) is 0 Å². The van der Waals surface area contributed by atoms with E-state index in [1.165, 1.54) is 103 Å². The molecule has 0 unspecified atom stereocenters. The molecule has 0 saturated carbocycles. The fourth-order valence-corrected chi connectivity index (χ4v) is 17.4. The monoisotopic (exact) mass is 1220 g/mol. The van der Waals surface area contributed by atoms with Crippen LogP contribution in [0.25, 0.3) is 33.4 Å². The van der Waals surface area contributed by atoms with Gasteiger partial charge in [-0.1, -0.05) is 265 Å². The number of hydrogen-bond donors (Lipinski definition) is 0. The molecule has 4 aliphatic heterocycles. The first-order chi connectivity index (χ1) is 46.1. The summed E-state index contributed by atoms with van der Waals surface area (Å²) in [5, 5.41) is 0. The van der Waals surface area contributed by atoms with E-state index in [1.54, 1.807) is 0 Å². The summed E-state index contributed by atoms with van der Waals surface area (Å²) in [6, 6.07) is 124. The summed E-state index contributed by atoms with van der Waals surface area (Å²) in [4.78, 5) is 15.2. The number of fused-ring (bicyclic) bond motifs is 8. The van der Waals surface area contributed by atoms with Gasteiger partial charge in [0.1, 0.15) is 0 Å². The molecule has 0 spiro atoms. The van der Waals surface area contributed by atoms with Gasteiger partial charge in [0.05, 0.1) is 11.4 Å². The lowest BCUT2D eigenvalue weighted by Crippen LogP contribution is -2.64. The highest BCUT2D eigenvalue weighted by Gasteiger charge is 2.47. The largest absolute Gasteiger partial charge is 0.311 e. The van der Waals surface area contributed by atoms with Crippen molar-refractivity contribution in [3.8, 4) is 33.4 Å². The quantitative estimate of drug-likeness (QED) is 0.119. The number of benzene rings is 14. The zero-order valence-electron chi connectivity index (χ0n) is 51.0. The summed E-state index contributed by atoms with van der Waals surface area (Å²) >= 11 is 3.84. The number of anilines is 12. The minimum absolute atomic E-state index is 0.0250. The molecule has 0 amide bonds. The lowest BCUT2D eigenvalue weighted by Gasteiger charge is -2.46. The van der Waals surface area contributed by atoms with Crippen LogP contribution in [0.5, 0.6) is 0 Å². The van der Waals surface area contributed by atoms with Gasteiger partial charge in [-0.3, -0.25) is 0 Å². The Kier molecular flexibility index (Phi) is 13.5. The van der Waals surface area contributed by atoms with Crippen molar-refractivity contribution in [2.24, 2.45) is 0 Å². The van der Waals surface area contributed by atoms with E-state index in [9.17, 15) is 0 Å². The molecular weight excluding hydrogens is 1160 g/mol. The fourth-order valence-electron chi connectivity index (χ4n) is 15.0. The van der Waals surface area contributed by atoms with E-state index in [0.29, 0.717) is 0 Å². The first-order valence-corrected chi connectivity index (χ1v) is 33.6. The Morgan fingerprint density at radius 1 is 0.269 bits per heavy atom. The second kappa shape index (κ2) is 22.8. The third-order valence-electron chi connectivity index (χ3n) is 19.0. The Balaban J connectivity index is 0.899. The van der Waals surface area contributed by atoms with Crippen molar-refractivity contribution in [2.45, 2.75) is 26.5 Å². The second-order valence-electron chi connectivity index (χ2n) is 24.4. The van der Waals surface area contributed by atoms with Gasteiger partial charge in [-0.15, -0.1) is 0 Å². The molecule has 93 heavy (non-hydrogen) atoms. The van der Waals surface area contributed by atoms with Crippen molar-refractivity contribution < 1.29 is 0 Å². The van der Waals surface area contributed by atoms with Gasteiger partial charge in [-0.25, -0.2) is 0 Å². The van der Waals surface area contributed by atoms with Gasteiger partial charge in [-0.2, -0.15) is 0 Å². The average Bonchev–Trinajstić information content (AvgIpc) is 0.694. The Hall–Kier alpha value is -10.9. The van der Waals surface area contributed by atoms with E-state index >= 15 is 0 Å². The van der Waals surface area contributed by atoms with Gasteiger partial charge < -0.3 is 19.6 Å². The summed E-state index contributed by atoms with van der Waals surface area (Å²) in [6.45, 7) is 2.15. The molecule has 0 aromatic heterocycles. The van der Waals surface area contributed by atoms with Crippen molar-refractivity contribution >= 4 is 138 Å². The first-order valence-electron chi connectivity index (χ1n) is 32.0. The molecule has 18 rings (SSSR count). The summed E-state index contributed by atoms with van der Waals surface area (Å²) in [5.41, 5.74) is 29.7. The van der Waals surface area contributed by atoms with Gasteiger partial charge in [0.2, 0.25) is 6.71 Å². The summed E-state index contributed by atoms with van der Waals surface area (Å²) in [7, 11) is 0. The number of aryl methyl sites for hydroxylation is 1. The molecule has 8 heteroatoms. The molecule has 0 bridgehead atoms. The van der Waals surface area contributed by atoms with Gasteiger partial charge >= 0.3 is 0 Å². The highest BCUT2D eigenvalue weighted by molar-refractivity contribution is 8.01. The Bertz CT molecular complexity index is 5150. The van der Waals surface area contributed by atoms with Crippen LogP contribution in [0.15, 0.2) is 353 Å². The zero-order valence-corrected chi connectivity index (χ0v) is 52.6. The minimum atomic E-state index is -0.127. The fraction of sp³-hybridized carbons (Fsp3) is 0.0118. The van der Waals surface area contributed by atoms with Crippen LogP contribution in [-0.2, 0) is 0 Å². The molecule has 14 aromatic carbocycles. The Morgan fingerprint density at radius 2 is 0.753 bits per heavy atom. The van der Waals surface area contributed by atoms with Crippen molar-refractivity contribution in [3.63, 3.8) is 0 Å². The molecule has 0 radical (unpaired) electrons. The Morgan fingerprint density at radius 3 is 1.43 bits per heavy atom. The SMILES string of the molecule is Cc1cccc(-c2ccccc2)c1N1c2cc3c(cc2B2c4ccccc4N(c4ccccc4)c4cc(N(c5ccccc5)c5ccccc5)cc1c42)B1c2ccccc2Sc2cc(N(c4ccc(-c5ccccc5)cc4)c4cccc(-c5ccccc5)c4)cc(c21)S3. The van der Waals surface area contributed by atoms with Crippen LogP contribution in [0, 0.1) is 6.92 Å². The molecule has 0 N–H and O–H groups in total. The second-order valence-corrected chi connectivity index (χ2v) is 26.6. The van der Waals surface area contributed by atoms with Crippen LogP contribution in [-0.4, -0.2) is 13.4 Å². The maximum Gasteiger partial charge on any atom is 0.252 e. The van der Waals surface area contributed by atoms with Crippen LogP contribution in [0.4, 0.5) is 68.2 Å². The highest BCUT2D eigenvalue weighted by Crippen LogP contribution is 2.52. The predicted molar refractivity (Wildman–Crippen MR) is 397 cm³/mol. The number of nitrogens with zero attached hydrogens (tertiary/aromatic N) is 4. The van der Waals surface area contributed by atoms with Crippen LogP contribution in [0.3, 0.4) is 0 Å². The standard InChI is InChI=1S/C85H58B2N4S2/c1-57-26-24-41-70(61-31-12-4-13-32-61)85(57)91-76-56-80-74(55-73(76)86-71-42-20-22-44-75(71)90(65-38-18-7-19-39-65)77-51-68(52-78(91)83(77)86)88(63-34-14-5-15-35-63)64-36-16-6-17-37-64)87-72-43-21-23-45-79(72)92-81-53-69(54-82(93-80)84(81)87)89(66-48-46-60(47-49-66)58-27-8-2-9-28-58)67-40-25-33-62(50-67)59-29-10-3-11-30-59/h2-56H,1H3. The van der Waals surface area contributed by atoms with Crippen molar-refractivity contribution in [3.05, 3.63) is 339 Å². The van der Waals surface area contributed by atoms with Gasteiger partial charge in [0.15, 0.2) is 0 Å². The van der Waals surface area contributed by atoms with E-state index in [4.69, 9.17) is 0 Å². The molecule has 4 aliphatic rings. The van der Waals surface area contributed by atoms with E-state index < -0.39 is 0 Å². The third-order valence-corrected chi connectivity index (χ3v) is 21.3. The van der Waals surface area contributed by atoms with E-state index in [1.807, 2.05) is 23.5 Å². The third kappa shape index (κ3) is 9.34. The number of para-hydroxylation sites is 5. The maximum absolute atomic E-state index is 2.67. The molecule has 0 atom stereocenters. The summed E-state index contributed by atoms with van der Waals surface area (Å²) in [6.07, 6.45) is 0. The van der Waals surface area contributed by atoms with Crippen molar-refractivity contribution in [2.75, 3.05) is 19.6 Å². The highest BCUT2D eigenvalue weighted by atomic mass is 32.2. The topological polar surface area (TPSA) is 13.0 Å². The zero-order chi connectivity index (χ0) is 61.5. The molecule has 0 saturated heterocycles. The minimum Gasteiger partial charge on any atom is -0.311 e. The lowest BCUT2D eigenvalue weighted by molar-refractivity contribution is 1.21. The molecule has 0 fully saturated rings. The normalized spacial score (nSPS) is 12.8. The average molecular weight is 1220 g/mol. The van der Waals surface area contributed by atoms with Gasteiger partial charge in [-0.05, 0) is 165 Å².